The fourth-order valence-electron chi connectivity index (χ4n) is 2.01. The molecule has 1 rings (SSSR count). The van der Waals surface area contributed by atoms with Gasteiger partial charge >= 0.3 is 5.97 Å². The van der Waals surface area contributed by atoms with Gasteiger partial charge < -0.3 is 10.0 Å². The summed E-state index contributed by atoms with van der Waals surface area (Å²) in [5, 5.41) is 8.89. The van der Waals surface area contributed by atoms with Gasteiger partial charge in [0.2, 0.25) is 0 Å². The number of carboxylic acids is 1. The van der Waals surface area contributed by atoms with Crippen molar-refractivity contribution in [3.63, 3.8) is 0 Å². The maximum atomic E-state index is 10.8. The monoisotopic (exact) mass is 313 g/mol. The SMILES string of the molecule is CC(CN(C)CC(C)c1cccc(Br)c1)C(=O)O. The molecule has 0 aliphatic heterocycles. The Hall–Kier alpha value is -0.870. The third kappa shape index (κ3) is 4.78. The Labute approximate surface area is 117 Å². The minimum absolute atomic E-state index is 0.329. The summed E-state index contributed by atoms with van der Waals surface area (Å²) in [6.07, 6.45) is 0. The van der Waals surface area contributed by atoms with Crippen LogP contribution in [0.5, 0.6) is 0 Å². The van der Waals surface area contributed by atoms with Gasteiger partial charge in [0, 0.05) is 17.6 Å². The molecule has 2 atom stereocenters. The van der Waals surface area contributed by atoms with Crippen molar-refractivity contribution < 1.29 is 9.90 Å². The minimum atomic E-state index is -0.739. The fourth-order valence-corrected chi connectivity index (χ4v) is 2.42. The second-order valence-corrected chi connectivity index (χ2v) is 5.83. The molecule has 0 heterocycles. The van der Waals surface area contributed by atoms with E-state index >= 15 is 0 Å². The molecule has 0 aromatic heterocycles. The van der Waals surface area contributed by atoms with Gasteiger partial charge in [-0.1, -0.05) is 41.9 Å². The van der Waals surface area contributed by atoms with Crippen molar-refractivity contribution in [3.05, 3.63) is 34.3 Å². The summed E-state index contributed by atoms with van der Waals surface area (Å²) in [4.78, 5) is 12.9. The van der Waals surface area contributed by atoms with Gasteiger partial charge in [0.15, 0.2) is 0 Å². The highest BCUT2D eigenvalue weighted by Crippen LogP contribution is 2.20. The Balaban J connectivity index is 2.54. The average Bonchev–Trinajstić information content (AvgIpc) is 2.28. The second kappa shape index (κ2) is 6.90. The molecule has 18 heavy (non-hydrogen) atoms. The Morgan fingerprint density at radius 2 is 2.06 bits per heavy atom. The first-order chi connectivity index (χ1) is 8.40. The lowest BCUT2D eigenvalue weighted by atomic mass is 10.0. The molecule has 1 aromatic rings. The number of carboxylic acid groups (broad SMARTS) is 1. The lowest BCUT2D eigenvalue weighted by molar-refractivity contribution is -0.141. The minimum Gasteiger partial charge on any atom is -0.481 e. The Morgan fingerprint density at radius 1 is 1.39 bits per heavy atom. The van der Waals surface area contributed by atoms with Crippen LogP contribution in [0.1, 0.15) is 25.3 Å². The summed E-state index contributed by atoms with van der Waals surface area (Å²) in [7, 11) is 1.97. The number of nitrogens with zero attached hydrogens (tertiary/aromatic N) is 1. The molecule has 0 fully saturated rings. The molecular weight excluding hydrogens is 294 g/mol. The van der Waals surface area contributed by atoms with Crippen LogP contribution >= 0.6 is 15.9 Å². The zero-order valence-corrected chi connectivity index (χ0v) is 12.6. The first-order valence-electron chi connectivity index (χ1n) is 6.07. The van der Waals surface area contributed by atoms with E-state index in [2.05, 4.69) is 39.9 Å². The van der Waals surface area contributed by atoms with Gasteiger partial charge in [0.05, 0.1) is 5.92 Å². The predicted octanol–water partition coefficient (Wildman–Crippen LogP) is 3.21. The quantitative estimate of drug-likeness (QED) is 0.876. The molecule has 0 saturated carbocycles. The summed E-state index contributed by atoms with van der Waals surface area (Å²) in [5.74, 6) is -0.685. The number of benzene rings is 1. The van der Waals surface area contributed by atoms with Gasteiger partial charge in [0.1, 0.15) is 0 Å². The molecule has 2 unspecified atom stereocenters. The Kier molecular flexibility index (Phi) is 5.82. The molecule has 3 nitrogen and oxygen atoms in total. The van der Waals surface area contributed by atoms with Crippen LogP contribution in [0, 0.1) is 5.92 Å². The van der Waals surface area contributed by atoms with E-state index in [1.54, 1.807) is 6.92 Å². The Bertz CT molecular complexity index is 409. The molecule has 100 valence electrons. The summed E-state index contributed by atoms with van der Waals surface area (Å²) < 4.78 is 1.08. The van der Waals surface area contributed by atoms with Crippen LogP contribution in [0.4, 0.5) is 0 Å². The topological polar surface area (TPSA) is 40.5 Å². The number of aliphatic carboxylic acids is 1. The van der Waals surface area contributed by atoms with E-state index in [-0.39, 0.29) is 5.92 Å². The zero-order chi connectivity index (χ0) is 13.7. The van der Waals surface area contributed by atoms with Crippen molar-refractivity contribution in [2.75, 3.05) is 20.1 Å². The van der Waals surface area contributed by atoms with Crippen LogP contribution in [-0.2, 0) is 4.79 Å². The van der Waals surface area contributed by atoms with Gasteiger partial charge in [0.25, 0.3) is 0 Å². The maximum absolute atomic E-state index is 10.8. The van der Waals surface area contributed by atoms with Crippen LogP contribution in [0.2, 0.25) is 0 Å². The number of hydrogen-bond acceptors (Lipinski definition) is 2. The third-order valence-corrected chi connectivity index (χ3v) is 3.50. The van der Waals surface area contributed by atoms with Gasteiger partial charge in [-0.15, -0.1) is 0 Å². The smallest absolute Gasteiger partial charge is 0.307 e. The molecule has 0 bridgehead atoms. The summed E-state index contributed by atoms with van der Waals surface area (Å²) in [6, 6.07) is 8.24. The van der Waals surface area contributed by atoms with Crippen molar-refractivity contribution in [1.82, 2.24) is 4.90 Å². The fraction of sp³-hybridized carbons (Fsp3) is 0.500. The molecule has 1 aromatic carbocycles. The molecular formula is C14H20BrNO2. The van der Waals surface area contributed by atoms with E-state index < -0.39 is 5.97 Å². The highest BCUT2D eigenvalue weighted by Gasteiger charge is 2.15. The van der Waals surface area contributed by atoms with E-state index in [0.29, 0.717) is 12.5 Å². The van der Waals surface area contributed by atoms with Gasteiger partial charge in [-0.2, -0.15) is 0 Å². The first kappa shape index (κ1) is 15.2. The first-order valence-corrected chi connectivity index (χ1v) is 6.86. The number of hydrogen-bond donors (Lipinski definition) is 1. The molecule has 0 aliphatic rings. The number of likely N-dealkylation sites (N-methyl/N-ethyl adjacent to an activating group) is 1. The standard InChI is InChI=1S/C14H20BrNO2/c1-10(12-5-4-6-13(15)7-12)8-16(3)9-11(2)14(17)18/h4-7,10-11H,8-9H2,1-3H3,(H,17,18). The van der Waals surface area contributed by atoms with E-state index in [1.165, 1.54) is 5.56 Å². The van der Waals surface area contributed by atoms with Crippen LogP contribution in [0.3, 0.4) is 0 Å². The number of rotatable bonds is 6. The van der Waals surface area contributed by atoms with Crippen LogP contribution in [0.25, 0.3) is 0 Å². The normalized spacial score (nSPS) is 14.5. The molecule has 0 radical (unpaired) electrons. The van der Waals surface area contributed by atoms with Crippen molar-refractivity contribution in [1.29, 1.82) is 0 Å². The Morgan fingerprint density at radius 3 is 2.61 bits per heavy atom. The van der Waals surface area contributed by atoms with Crippen LogP contribution in [-0.4, -0.2) is 36.1 Å². The summed E-state index contributed by atoms with van der Waals surface area (Å²) in [6.45, 7) is 5.33. The van der Waals surface area contributed by atoms with Gasteiger partial charge in [-0.25, -0.2) is 0 Å². The highest BCUT2D eigenvalue weighted by molar-refractivity contribution is 9.10. The lowest BCUT2D eigenvalue weighted by Crippen LogP contribution is -2.31. The van der Waals surface area contributed by atoms with Gasteiger partial charge in [-0.05, 0) is 30.7 Å². The maximum Gasteiger partial charge on any atom is 0.307 e. The number of halogens is 1. The van der Waals surface area contributed by atoms with Crippen molar-refractivity contribution in [2.24, 2.45) is 5.92 Å². The van der Waals surface area contributed by atoms with E-state index in [4.69, 9.17) is 5.11 Å². The zero-order valence-electron chi connectivity index (χ0n) is 11.1. The molecule has 0 amide bonds. The lowest BCUT2D eigenvalue weighted by Gasteiger charge is -2.23. The van der Waals surface area contributed by atoms with Crippen molar-refractivity contribution in [3.8, 4) is 0 Å². The van der Waals surface area contributed by atoms with Crippen molar-refractivity contribution in [2.45, 2.75) is 19.8 Å². The van der Waals surface area contributed by atoms with E-state index in [9.17, 15) is 4.79 Å². The van der Waals surface area contributed by atoms with E-state index in [1.807, 2.05) is 19.2 Å². The largest absolute Gasteiger partial charge is 0.481 e. The molecule has 1 N–H and O–H groups in total. The highest BCUT2D eigenvalue weighted by atomic mass is 79.9. The third-order valence-electron chi connectivity index (χ3n) is 3.01. The predicted molar refractivity (Wildman–Crippen MR) is 76.9 cm³/mol. The van der Waals surface area contributed by atoms with Crippen LogP contribution in [0.15, 0.2) is 28.7 Å². The summed E-state index contributed by atoms with van der Waals surface area (Å²) >= 11 is 3.46. The molecule has 4 heteroatoms. The van der Waals surface area contributed by atoms with Gasteiger partial charge in [-0.3, -0.25) is 4.79 Å². The number of carbonyl (C=O) groups is 1. The average molecular weight is 314 g/mol. The van der Waals surface area contributed by atoms with Crippen LogP contribution < -0.4 is 0 Å². The second-order valence-electron chi connectivity index (χ2n) is 4.92. The molecule has 0 saturated heterocycles. The van der Waals surface area contributed by atoms with Crippen molar-refractivity contribution >= 4 is 21.9 Å². The molecule has 0 spiro atoms. The molecule has 0 aliphatic carbocycles. The van der Waals surface area contributed by atoms with E-state index in [0.717, 1.165) is 11.0 Å². The summed E-state index contributed by atoms with van der Waals surface area (Å²) in [5.41, 5.74) is 1.26.